The molecule has 0 atom stereocenters. The molecule has 6 nitrogen and oxygen atoms in total. The maximum atomic E-state index is 12.4. The van der Waals surface area contributed by atoms with Gasteiger partial charge in [0.15, 0.2) is 0 Å². The third-order valence-electron chi connectivity index (χ3n) is 6.01. The first-order valence-corrected chi connectivity index (χ1v) is 11.3. The SMILES string of the molecule is O=C(NCCc1csc(C2CCN(C(=O)NC3CCCC3)CC2)n1)C1CC1. The van der Waals surface area contributed by atoms with Crippen LogP contribution in [-0.2, 0) is 11.2 Å². The number of thiazole rings is 1. The molecule has 2 saturated carbocycles. The lowest BCUT2D eigenvalue weighted by Crippen LogP contribution is -2.47. The molecule has 7 heteroatoms. The zero-order chi connectivity index (χ0) is 18.6. The number of nitrogens with one attached hydrogen (secondary N) is 2. The fraction of sp³-hybridized carbons (Fsp3) is 0.750. The number of hydrogen-bond acceptors (Lipinski definition) is 4. The van der Waals surface area contributed by atoms with Crippen molar-refractivity contribution in [2.24, 2.45) is 5.92 Å². The molecule has 0 bridgehead atoms. The van der Waals surface area contributed by atoms with Gasteiger partial charge in [-0.15, -0.1) is 11.3 Å². The number of piperidine rings is 1. The van der Waals surface area contributed by atoms with Crippen LogP contribution < -0.4 is 10.6 Å². The Hall–Kier alpha value is -1.63. The van der Waals surface area contributed by atoms with Gasteiger partial charge >= 0.3 is 6.03 Å². The predicted octanol–water partition coefficient (Wildman–Crippen LogP) is 3.04. The highest BCUT2D eigenvalue weighted by molar-refractivity contribution is 7.09. The minimum atomic E-state index is 0.117. The monoisotopic (exact) mass is 390 g/mol. The minimum absolute atomic E-state index is 0.117. The Balaban J connectivity index is 1.19. The number of rotatable bonds is 6. The van der Waals surface area contributed by atoms with Crippen LogP contribution in [0, 0.1) is 5.92 Å². The number of likely N-dealkylation sites (tertiary alicyclic amines) is 1. The van der Waals surface area contributed by atoms with Crippen LogP contribution in [-0.4, -0.2) is 47.5 Å². The van der Waals surface area contributed by atoms with Gasteiger partial charge in [0.2, 0.25) is 5.91 Å². The summed E-state index contributed by atoms with van der Waals surface area (Å²) in [7, 11) is 0. The van der Waals surface area contributed by atoms with Crippen molar-refractivity contribution in [2.75, 3.05) is 19.6 Å². The van der Waals surface area contributed by atoms with Gasteiger partial charge in [0.1, 0.15) is 0 Å². The molecule has 2 aliphatic carbocycles. The molecular formula is C20H30N4O2S. The van der Waals surface area contributed by atoms with E-state index in [1.807, 2.05) is 4.90 Å². The van der Waals surface area contributed by atoms with Crippen molar-refractivity contribution in [1.82, 2.24) is 20.5 Å². The molecule has 1 aromatic rings. The average Bonchev–Trinajstić information content (AvgIpc) is 3.21. The van der Waals surface area contributed by atoms with Crippen molar-refractivity contribution >= 4 is 23.3 Å². The van der Waals surface area contributed by atoms with Crippen LogP contribution in [0.3, 0.4) is 0 Å². The zero-order valence-electron chi connectivity index (χ0n) is 15.9. The third kappa shape index (κ3) is 5.00. The van der Waals surface area contributed by atoms with Gasteiger partial charge in [0.05, 0.1) is 10.7 Å². The Morgan fingerprint density at radius 2 is 1.85 bits per heavy atom. The highest BCUT2D eigenvalue weighted by atomic mass is 32.1. The molecule has 3 fully saturated rings. The minimum Gasteiger partial charge on any atom is -0.355 e. The Kier molecular flexibility index (Phi) is 5.95. The summed E-state index contributed by atoms with van der Waals surface area (Å²) in [6.07, 6.45) is 9.61. The van der Waals surface area contributed by atoms with Crippen molar-refractivity contribution in [3.05, 3.63) is 16.1 Å². The molecule has 148 valence electrons. The number of nitrogens with zero attached hydrogens (tertiary/aromatic N) is 2. The second-order valence-electron chi connectivity index (χ2n) is 8.18. The lowest BCUT2D eigenvalue weighted by molar-refractivity contribution is -0.122. The highest BCUT2D eigenvalue weighted by Gasteiger charge is 2.29. The van der Waals surface area contributed by atoms with Crippen LogP contribution in [0.5, 0.6) is 0 Å². The fourth-order valence-corrected chi connectivity index (χ4v) is 5.12. The molecule has 1 aromatic heterocycles. The van der Waals surface area contributed by atoms with Crippen LogP contribution in [0.25, 0.3) is 0 Å². The summed E-state index contributed by atoms with van der Waals surface area (Å²) < 4.78 is 0. The molecule has 0 spiro atoms. The molecule has 2 N–H and O–H groups in total. The summed E-state index contributed by atoms with van der Waals surface area (Å²) in [6.45, 7) is 2.31. The molecule has 27 heavy (non-hydrogen) atoms. The number of carbonyl (C=O) groups is 2. The second kappa shape index (κ2) is 8.59. The summed E-state index contributed by atoms with van der Waals surface area (Å²) in [5.74, 6) is 0.932. The first-order chi connectivity index (χ1) is 13.2. The Bertz CT molecular complexity index is 659. The Morgan fingerprint density at radius 1 is 1.11 bits per heavy atom. The molecule has 0 unspecified atom stereocenters. The summed E-state index contributed by atoms with van der Waals surface area (Å²) in [6, 6.07) is 0.503. The number of aromatic nitrogens is 1. The molecule has 3 aliphatic rings. The van der Waals surface area contributed by atoms with Crippen LogP contribution in [0.15, 0.2) is 5.38 Å². The van der Waals surface area contributed by atoms with Crippen molar-refractivity contribution < 1.29 is 9.59 Å². The quantitative estimate of drug-likeness (QED) is 0.784. The van der Waals surface area contributed by atoms with Crippen LogP contribution in [0.1, 0.15) is 68.0 Å². The molecule has 0 aromatic carbocycles. The number of carbonyl (C=O) groups excluding carboxylic acids is 2. The van der Waals surface area contributed by atoms with E-state index in [1.165, 1.54) is 17.8 Å². The van der Waals surface area contributed by atoms with E-state index >= 15 is 0 Å². The van der Waals surface area contributed by atoms with E-state index in [1.54, 1.807) is 11.3 Å². The second-order valence-corrected chi connectivity index (χ2v) is 9.07. The number of amides is 3. The molecule has 2 heterocycles. The topological polar surface area (TPSA) is 74.3 Å². The van der Waals surface area contributed by atoms with Gasteiger partial charge in [-0.25, -0.2) is 9.78 Å². The van der Waals surface area contributed by atoms with E-state index in [-0.39, 0.29) is 17.9 Å². The van der Waals surface area contributed by atoms with Gasteiger partial charge in [-0.3, -0.25) is 4.79 Å². The Morgan fingerprint density at radius 3 is 2.56 bits per heavy atom. The van der Waals surface area contributed by atoms with E-state index in [0.29, 0.717) is 18.5 Å². The van der Waals surface area contributed by atoms with E-state index in [2.05, 4.69) is 16.0 Å². The number of urea groups is 1. The maximum Gasteiger partial charge on any atom is 0.317 e. The molecule has 3 amide bonds. The van der Waals surface area contributed by atoms with Crippen LogP contribution in [0.2, 0.25) is 0 Å². The molecular weight excluding hydrogens is 360 g/mol. The molecule has 4 rings (SSSR count). The summed E-state index contributed by atoms with van der Waals surface area (Å²) in [4.78, 5) is 30.8. The standard InChI is InChI=1S/C20H30N4O2S/c25-18(14-5-6-14)21-10-7-17-13-27-19(22-17)15-8-11-24(12-9-15)20(26)23-16-3-1-2-4-16/h13-16H,1-12H2,(H,21,25)(H,23,26). The summed E-state index contributed by atoms with van der Waals surface area (Å²) in [5.41, 5.74) is 1.08. The molecule has 1 saturated heterocycles. The highest BCUT2D eigenvalue weighted by Crippen LogP contribution is 2.31. The number of hydrogen-bond donors (Lipinski definition) is 2. The average molecular weight is 391 g/mol. The maximum absolute atomic E-state index is 12.4. The van der Waals surface area contributed by atoms with Crippen molar-refractivity contribution in [3.63, 3.8) is 0 Å². The van der Waals surface area contributed by atoms with Gasteiger partial charge in [0.25, 0.3) is 0 Å². The molecule has 1 aliphatic heterocycles. The van der Waals surface area contributed by atoms with Crippen molar-refractivity contribution in [3.8, 4) is 0 Å². The van der Waals surface area contributed by atoms with Crippen LogP contribution >= 0.6 is 11.3 Å². The van der Waals surface area contributed by atoms with E-state index < -0.39 is 0 Å². The largest absolute Gasteiger partial charge is 0.355 e. The van der Waals surface area contributed by atoms with Gasteiger partial charge in [-0.2, -0.15) is 0 Å². The fourth-order valence-electron chi connectivity index (χ4n) is 4.09. The van der Waals surface area contributed by atoms with Crippen molar-refractivity contribution in [2.45, 2.75) is 69.7 Å². The normalized spacial score (nSPS) is 21.4. The van der Waals surface area contributed by atoms with Gasteiger partial charge < -0.3 is 15.5 Å². The first kappa shape index (κ1) is 18.7. The smallest absolute Gasteiger partial charge is 0.317 e. The Labute approximate surface area is 165 Å². The van der Waals surface area contributed by atoms with Crippen molar-refractivity contribution in [1.29, 1.82) is 0 Å². The predicted molar refractivity (Wildman–Crippen MR) is 106 cm³/mol. The van der Waals surface area contributed by atoms with E-state index in [0.717, 1.165) is 63.7 Å². The lowest BCUT2D eigenvalue weighted by Gasteiger charge is -2.32. The zero-order valence-corrected chi connectivity index (χ0v) is 16.7. The lowest BCUT2D eigenvalue weighted by atomic mass is 9.98. The van der Waals surface area contributed by atoms with E-state index in [9.17, 15) is 9.59 Å². The first-order valence-electron chi connectivity index (χ1n) is 10.5. The summed E-state index contributed by atoms with van der Waals surface area (Å²) in [5, 5.41) is 9.51. The van der Waals surface area contributed by atoms with Gasteiger partial charge in [-0.1, -0.05) is 12.8 Å². The van der Waals surface area contributed by atoms with Gasteiger partial charge in [0, 0.05) is 49.3 Å². The van der Waals surface area contributed by atoms with E-state index in [4.69, 9.17) is 4.98 Å². The van der Waals surface area contributed by atoms with Gasteiger partial charge in [-0.05, 0) is 38.5 Å². The third-order valence-corrected chi connectivity index (χ3v) is 7.07. The summed E-state index contributed by atoms with van der Waals surface area (Å²) >= 11 is 1.73. The molecule has 0 radical (unpaired) electrons. The van der Waals surface area contributed by atoms with Crippen LogP contribution in [0.4, 0.5) is 4.79 Å².